The first-order chi connectivity index (χ1) is 16.4. The Morgan fingerprint density at radius 3 is 2.24 bits per heavy atom. The number of aryl methyl sites for hydroxylation is 2. The second-order valence-corrected chi connectivity index (χ2v) is 8.14. The highest BCUT2D eigenvalue weighted by Gasteiger charge is 2.28. The number of unbranched alkanes of at least 4 members (excludes halogenated alkanes) is 2. The van der Waals surface area contributed by atoms with Crippen molar-refractivity contribution in [3.63, 3.8) is 0 Å². The number of fused-ring (bicyclic) bond motifs is 1. The van der Waals surface area contributed by atoms with Crippen molar-refractivity contribution in [3.8, 4) is 17.2 Å². The minimum Gasteiger partial charge on any atom is -0.494 e. The number of esters is 2. The molecule has 0 bridgehead atoms. The van der Waals surface area contributed by atoms with Gasteiger partial charge in [-0.05, 0) is 75.6 Å². The highest BCUT2D eigenvalue weighted by Crippen LogP contribution is 2.28. The molecule has 1 heterocycles. The normalized spacial score (nSPS) is 11.1. The zero-order chi connectivity index (χ0) is 24.5. The SMILES string of the molecule is CCOC(=O)C(CCCCCOc1ccc2cc(-c3nc(C)c(C)o3)ccc2c1)C(=O)OCC. The zero-order valence-electron chi connectivity index (χ0n) is 20.4. The quantitative estimate of drug-likeness (QED) is 0.189. The van der Waals surface area contributed by atoms with Crippen LogP contribution in [0.2, 0.25) is 0 Å². The monoisotopic (exact) mass is 467 g/mol. The fourth-order valence-electron chi connectivity index (χ4n) is 3.68. The first kappa shape index (κ1) is 25.3. The molecule has 182 valence electrons. The van der Waals surface area contributed by atoms with Gasteiger partial charge >= 0.3 is 11.9 Å². The second kappa shape index (κ2) is 12.2. The average Bonchev–Trinajstić information content (AvgIpc) is 3.16. The maximum absolute atomic E-state index is 12.0. The molecule has 0 aliphatic carbocycles. The van der Waals surface area contributed by atoms with Crippen molar-refractivity contribution >= 4 is 22.7 Å². The summed E-state index contributed by atoms with van der Waals surface area (Å²) < 4.78 is 21.7. The van der Waals surface area contributed by atoms with Gasteiger partial charge in [0.25, 0.3) is 0 Å². The van der Waals surface area contributed by atoms with Crippen molar-refractivity contribution in [3.05, 3.63) is 47.9 Å². The number of ether oxygens (including phenoxy) is 3. The van der Waals surface area contributed by atoms with Gasteiger partial charge in [-0.1, -0.05) is 25.0 Å². The predicted molar refractivity (Wildman–Crippen MR) is 130 cm³/mol. The summed E-state index contributed by atoms with van der Waals surface area (Å²) in [5.41, 5.74) is 1.84. The highest BCUT2D eigenvalue weighted by molar-refractivity contribution is 5.94. The number of hydrogen-bond acceptors (Lipinski definition) is 7. The summed E-state index contributed by atoms with van der Waals surface area (Å²) in [6, 6.07) is 12.1. The predicted octanol–water partition coefficient (Wildman–Crippen LogP) is 5.79. The Kier molecular flexibility index (Phi) is 9.08. The van der Waals surface area contributed by atoms with Crippen molar-refractivity contribution < 1.29 is 28.2 Å². The molecular formula is C27H33NO6. The smallest absolute Gasteiger partial charge is 0.320 e. The molecular weight excluding hydrogens is 434 g/mol. The average molecular weight is 468 g/mol. The highest BCUT2D eigenvalue weighted by atomic mass is 16.6. The van der Waals surface area contributed by atoms with E-state index in [-0.39, 0.29) is 13.2 Å². The molecule has 0 amide bonds. The van der Waals surface area contributed by atoms with E-state index in [4.69, 9.17) is 18.6 Å². The Labute approximate surface area is 200 Å². The van der Waals surface area contributed by atoms with Gasteiger partial charge in [-0.3, -0.25) is 9.59 Å². The Hall–Kier alpha value is -3.35. The molecule has 1 aromatic heterocycles. The van der Waals surface area contributed by atoms with Crippen LogP contribution in [0.4, 0.5) is 0 Å². The minimum absolute atomic E-state index is 0.245. The third-order valence-corrected chi connectivity index (χ3v) is 5.64. The molecule has 0 aliphatic rings. The van der Waals surface area contributed by atoms with E-state index in [9.17, 15) is 9.59 Å². The van der Waals surface area contributed by atoms with E-state index in [0.717, 1.165) is 46.4 Å². The topological polar surface area (TPSA) is 87.9 Å². The van der Waals surface area contributed by atoms with Gasteiger partial charge in [-0.2, -0.15) is 0 Å². The first-order valence-corrected chi connectivity index (χ1v) is 11.9. The van der Waals surface area contributed by atoms with Gasteiger partial charge in [0.15, 0.2) is 5.92 Å². The van der Waals surface area contributed by atoms with Crippen molar-refractivity contribution in [2.45, 2.75) is 53.4 Å². The molecule has 0 unspecified atom stereocenters. The Bertz CT molecular complexity index is 1080. The van der Waals surface area contributed by atoms with E-state index < -0.39 is 17.9 Å². The lowest BCUT2D eigenvalue weighted by atomic mass is 10.0. The molecule has 2 aromatic carbocycles. The van der Waals surface area contributed by atoms with Gasteiger partial charge < -0.3 is 18.6 Å². The summed E-state index contributed by atoms with van der Waals surface area (Å²) in [7, 11) is 0. The summed E-state index contributed by atoms with van der Waals surface area (Å²) in [4.78, 5) is 28.5. The van der Waals surface area contributed by atoms with Gasteiger partial charge in [-0.15, -0.1) is 0 Å². The van der Waals surface area contributed by atoms with Crippen LogP contribution in [-0.2, 0) is 19.1 Å². The summed E-state index contributed by atoms with van der Waals surface area (Å²) in [5.74, 6) is 0.394. The molecule has 0 atom stereocenters. The van der Waals surface area contributed by atoms with Crippen LogP contribution in [-0.4, -0.2) is 36.7 Å². The van der Waals surface area contributed by atoms with Crippen LogP contribution >= 0.6 is 0 Å². The van der Waals surface area contributed by atoms with E-state index in [0.29, 0.717) is 25.3 Å². The fraction of sp³-hybridized carbons (Fsp3) is 0.444. The molecule has 0 radical (unpaired) electrons. The number of carbonyl (C=O) groups is 2. The number of oxazole rings is 1. The summed E-state index contributed by atoms with van der Waals surface area (Å²) in [5, 5.41) is 2.16. The Morgan fingerprint density at radius 2 is 1.59 bits per heavy atom. The van der Waals surface area contributed by atoms with Crippen LogP contribution < -0.4 is 4.74 Å². The molecule has 0 saturated heterocycles. The standard InChI is InChI=1S/C27H33NO6/c1-5-31-26(29)24(27(30)32-6-2)10-8-7-9-15-33-23-14-13-20-16-22(12-11-21(20)17-23)25-28-18(3)19(4)34-25/h11-14,16-17,24H,5-10,15H2,1-4H3. The van der Waals surface area contributed by atoms with Gasteiger partial charge in [0, 0.05) is 5.56 Å². The molecule has 3 rings (SSSR count). The van der Waals surface area contributed by atoms with Crippen LogP contribution in [0, 0.1) is 19.8 Å². The van der Waals surface area contributed by atoms with Gasteiger partial charge in [0.2, 0.25) is 5.89 Å². The lowest BCUT2D eigenvalue weighted by Crippen LogP contribution is -2.28. The van der Waals surface area contributed by atoms with Crippen LogP contribution in [0.25, 0.3) is 22.2 Å². The largest absolute Gasteiger partial charge is 0.494 e. The second-order valence-electron chi connectivity index (χ2n) is 8.14. The van der Waals surface area contributed by atoms with E-state index in [1.807, 2.05) is 44.2 Å². The van der Waals surface area contributed by atoms with E-state index in [1.54, 1.807) is 13.8 Å². The number of carbonyl (C=O) groups excluding carboxylic acids is 2. The van der Waals surface area contributed by atoms with Crippen LogP contribution in [0.5, 0.6) is 5.75 Å². The molecule has 3 aromatic rings. The zero-order valence-corrected chi connectivity index (χ0v) is 20.4. The summed E-state index contributed by atoms with van der Waals surface area (Å²) in [6.45, 7) is 8.34. The molecule has 0 fully saturated rings. The van der Waals surface area contributed by atoms with Gasteiger partial charge in [-0.25, -0.2) is 4.98 Å². The number of nitrogens with zero attached hydrogens (tertiary/aromatic N) is 1. The van der Waals surface area contributed by atoms with Crippen molar-refractivity contribution in [2.75, 3.05) is 19.8 Å². The molecule has 0 aliphatic heterocycles. The lowest BCUT2D eigenvalue weighted by molar-refractivity contribution is -0.161. The first-order valence-electron chi connectivity index (χ1n) is 11.9. The van der Waals surface area contributed by atoms with Crippen LogP contribution in [0.1, 0.15) is 51.0 Å². The molecule has 34 heavy (non-hydrogen) atoms. The van der Waals surface area contributed by atoms with Crippen molar-refractivity contribution in [1.82, 2.24) is 4.98 Å². The van der Waals surface area contributed by atoms with E-state index in [1.165, 1.54) is 0 Å². The van der Waals surface area contributed by atoms with Crippen molar-refractivity contribution in [1.29, 1.82) is 0 Å². The molecule has 7 nitrogen and oxygen atoms in total. The molecule has 0 spiro atoms. The van der Waals surface area contributed by atoms with E-state index >= 15 is 0 Å². The number of rotatable bonds is 12. The fourth-order valence-corrected chi connectivity index (χ4v) is 3.68. The molecule has 7 heteroatoms. The Morgan fingerprint density at radius 1 is 0.912 bits per heavy atom. The van der Waals surface area contributed by atoms with Crippen LogP contribution in [0.15, 0.2) is 40.8 Å². The van der Waals surface area contributed by atoms with Gasteiger partial charge in [0.05, 0.1) is 25.5 Å². The third-order valence-electron chi connectivity index (χ3n) is 5.64. The number of benzene rings is 2. The summed E-state index contributed by atoms with van der Waals surface area (Å²) >= 11 is 0. The van der Waals surface area contributed by atoms with Gasteiger partial charge in [0.1, 0.15) is 11.5 Å². The summed E-state index contributed by atoms with van der Waals surface area (Å²) in [6.07, 6.45) is 2.78. The molecule has 0 N–H and O–H groups in total. The Balaban J connectivity index is 1.48. The molecule has 0 saturated carbocycles. The number of aromatic nitrogens is 1. The lowest BCUT2D eigenvalue weighted by Gasteiger charge is -2.14. The van der Waals surface area contributed by atoms with E-state index in [2.05, 4.69) is 11.1 Å². The van der Waals surface area contributed by atoms with Crippen LogP contribution in [0.3, 0.4) is 0 Å². The van der Waals surface area contributed by atoms with Crippen molar-refractivity contribution in [2.24, 2.45) is 5.92 Å². The maximum Gasteiger partial charge on any atom is 0.320 e. The third kappa shape index (κ3) is 6.59. The minimum atomic E-state index is -0.851. The maximum atomic E-state index is 12.0. The number of hydrogen-bond donors (Lipinski definition) is 0.